The van der Waals surface area contributed by atoms with Gasteiger partial charge in [-0.2, -0.15) is 0 Å². The van der Waals surface area contributed by atoms with Gasteiger partial charge in [-0.25, -0.2) is 0 Å². The van der Waals surface area contributed by atoms with Gasteiger partial charge in [0.15, 0.2) is 0 Å². The second kappa shape index (κ2) is 6.63. The Morgan fingerprint density at radius 2 is 2.05 bits per heavy atom. The van der Waals surface area contributed by atoms with E-state index < -0.39 is 10.7 Å². The fourth-order valence-corrected chi connectivity index (χ4v) is 2.63. The molecule has 2 aromatic heterocycles. The monoisotopic (exact) mass is 312 g/mol. The first-order chi connectivity index (χ1) is 10.4. The van der Waals surface area contributed by atoms with E-state index in [2.05, 4.69) is 21.8 Å². The van der Waals surface area contributed by atoms with Crippen LogP contribution in [0, 0.1) is 18.8 Å². The number of thioether (sulfide) groups is 1. The van der Waals surface area contributed by atoms with Gasteiger partial charge in [0.2, 0.25) is 0 Å². The zero-order chi connectivity index (χ0) is 16.2. The third-order valence-corrected chi connectivity index (χ3v) is 4.16. The van der Waals surface area contributed by atoms with Crippen molar-refractivity contribution in [3.05, 3.63) is 53.6 Å². The van der Waals surface area contributed by atoms with E-state index in [9.17, 15) is 9.90 Å². The summed E-state index contributed by atoms with van der Waals surface area (Å²) in [6, 6.07) is 5.53. The summed E-state index contributed by atoms with van der Waals surface area (Å²) in [5.74, 6) is 5.27. The van der Waals surface area contributed by atoms with Crippen molar-refractivity contribution in [1.82, 2.24) is 9.97 Å². The maximum absolute atomic E-state index is 11.3. The highest BCUT2D eigenvalue weighted by molar-refractivity contribution is 8.01. The summed E-state index contributed by atoms with van der Waals surface area (Å²) in [6.07, 6.45) is 5.01. The molecule has 5 heteroatoms. The van der Waals surface area contributed by atoms with Gasteiger partial charge in [-0.05, 0) is 39.0 Å². The Balaban J connectivity index is 2.32. The van der Waals surface area contributed by atoms with Gasteiger partial charge in [0.1, 0.15) is 4.75 Å². The zero-order valence-electron chi connectivity index (χ0n) is 12.6. The Morgan fingerprint density at radius 1 is 1.27 bits per heavy atom. The first-order valence-electron chi connectivity index (χ1n) is 6.69. The minimum Gasteiger partial charge on any atom is -0.480 e. The van der Waals surface area contributed by atoms with Gasteiger partial charge in [-0.1, -0.05) is 11.8 Å². The van der Waals surface area contributed by atoms with Gasteiger partial charge in [-0.15, -0.1) is 11.8 Å². The van der Waals surface area contributed by atoms with Crippen molar-refractivity contribution < 1.29 is 9.90 Å². The number of hydrogen-bond donors (Lipinski definition) is 1. The van der Waals surface area contributed by atoms with E-state index in [1.54, 1.807) is 38.5 Å². The number of hydrogen-bond acceptors (Lipinski definition) is 4. The molecule has 0 aromatic carbocycles. The molecule has 0 spiro atoms. The maximum Gasteiger partial charge on any atom is 0.319 e. The number of carboxylic acid groups (broad SMARTS) is 1. The topological polar surface area (TPSA) is 63.1 Å². The van der Waals surface area contributed by atoms with Crippen LogP contribution in [-0.4, -0.2) is 25.8 Å². The lowest BCUT2D eigenvalue weighted by atomic mass is 10.2. The molecule has 0 bridgehead atoms. The summed E-state index contributed by atoms with van der Waals surface area (Å²) < 4.78 is -0.926. The molecule has 112 valence electrons. The van der Waals surface area contributed by atoms with Crippen LogP contribution in [0.2, 0.25) is 0 Å². The molecule has 22 heavy (non-hydrogen) atoms. The molecule has 0 aliphatic heterocycles. The van der Waals surface area contributed by atoms with Crippen molar-refractivity contribution in [2.75, 3.05) is 0 Å². The fourth-order valence-electron chi connectivity index (χ4n) is 1.65. The van der Waals surface area contributed by atoms with Crippen molar-refractivity contribution in [1.29, 1.82) is 0 Å². The molecule has 0 saturated carbocycles. The van der Waals surface area contributed by atoms with Gasteiger partial charge >= 0.3 is 5.97 Å². The molecule has 0 aliphatic carbocycles. The van der Waals surface area contributed by atoms with Gasteiger partial charge < -0.3 is 5.11 Å². The molecule has 0 aliphatic rings. The summed E-state index contributed by atoms with van der Waals surface area (Å²) in [7, 11) is 0. The third-order valence-electron chi connectivity index (χ3n) is 2.90. The summed E-state index contributed by atoms with van der Waals surface area (Å²) >= 11 is 1.26. The smallest absolute Gasteiger partial charge is 0.319 e. The molecule has 0 atom stereocenters. The van der Waals surface area contributed by atoms with Crippen molar-refractivity contribution in [2.24, 2.45) is 0 Å². The predicted molar refractivity (Wildman–Crippen MR) is 86.8 cm³/mol. The second-order valence-corrected chi connectivity index (χ2v) is 6.89. The Morgan fingerprint density at radius 3 is 2.73 bits per heavy atom. The molecular formula is C17H16N2O2S. The molecule has 4 nitrogen and oxygen atoms in total. The van der Waals surface area contributed by atoms with Crippen LogP contribution in [0.15, 0.2) is 41.7 Å². The van der Waals surface area contributed by atoms with Crippen LogP contribution >= 0.6 is 11.8 Å². The minimum atomic E-state index is -0.926. The fraction of sp³-hybridized carbons (Fsp3) is 0.235. The number of aryl methyl sites for hydroxylation is 1. The summed E-state index contributed by atoms with van der Waals surface area (Å²) in [5, 5.41) is 9.25. The molecule has 1 N–H and O–H groups in total. The van der Waals surface area contributed by atoms with Crippen molar-refractivity contribution in [2.45, 2.75) is 30.4 Å². The lowest BCUT2D eigenvalue weighted by Crippen LogP contribution is -2.27. The van der Waals surface area contributed by atoms with E-state index in [0.29, 0.717) is 0 Å². The summed E-state index contributed by atoms with van der Waals surface area (Å²) in [5.41, 5.74) is 2.49. The number of nitrogens with zero attached hydrogens (tertiary/aromatic N) is 2. The van der Waals surface area contributed by atoms with Crippen LogP contribution in [0.3, 0.4) is 0 Å². The Kier molecular flexibility index (Phi) is 4.84. The Labute approximate surface area is 134 Å². The number of rotatable bonds is 3. The van der Waals surface area contributed by atoms with Gasteiger partial charge in [-0.3, -0.25) is 14.8 Å². The molecule has 2 heterocycles. The van der Waals surface area contributed by atoms with Crippen LogP contribution in [0.5, 0.6) is 0 Å². The van der Waals surface area contributed by atoms with E-state index in [4.69, 9.17) is 0 Å². The number of carbonyl (C=O) groups is 1. The standard InChI is InChI=1S/C17H16N2O2S/c1-12-10-13(6-9-19-12)4-5-14-11-18-8-7-15(14)22-17(2,3)16(20)21/h6-11H,1-3H3,(H,20,21). The van der Waals surface area contributed by atoms with Crippen LogP contribution in [0.4, 0.5) is 0 Å². The molecule has 0 fully saturated rings. The van der Waals surface area contributed by atoms with Gasteiger partial charge in [0.05, 0.1) is 5.56 Å². The normalized spacial score (nSPS) is 10.7. The SMILES string of the molecule is Cc1cc(C#Cc2cnccc2SC(C)(C)C(=O)O)ccn1. The van der Waals surface area contributed by atoms with Crippen molar-refractivity contribution >= 4 is 17.7 Å². The van der Waals surface area contributed by atoms with Crippen LogP contribution < -0.4 is 0 Å². The molecule has 0 unspecified atom stereocenters. The third kappa shape index (κ3) is 4.09. The quantitative estimate of drug-likeness (QED) is 0.697. The highest BCUT2D eigenvalue weighted by Gasteiger charge is 2.29. The lowest BCUT2D eigenvalue weighted by Gasteiger charge is -2.18. The number of carboxylic acids is 1. The number of pyridine rings is 2. The number of aliphatic carboxylic acids is 1. The maximum atomic E-state index is 11.3. The average molecular weight is 312 g/mol. The van der Waals surface area contributed by atoms with E-state index >= 15 is 0 Å². The molecule has 2 rings (SSSR count). The molecular weight excluding hydrogens is 296 g/mol. The number of aromatic nitrogens is 2. The Hall–Kier alpha value is -2.32. The van der Waals surface area contributed by atoms with E-state index in [-0.39, 0.29) is 0 Å². The van der Waals surface area contributed by atoms with Crippen LogP contribution in [0.25, 0.3) is 0 Å². The van der Waals surface area contributed by atoms with E-state index in [1.807, 2.05) is 19.1 Å². The highest BCUT2D eigenvalue weighted by Crippen LogP contribution is 2.34. The summed E-state index contributed by atoms with van der Waals surface area (Å²) in [6.45, 7) is 5.25. The Bertz CT molecular complexity index is 760. The van der Waals surface area contributed by atoms with Crippen molar-refractivity contribution in [3.8, 4) is 11.8 Å². The van der Waals surface area contributed by atoms with E-state index in [1.165, 1.54) is 11.8 Å². The van der Waals surface area contributed by atoms with Crippen LogP contribution in [-0.2, 0) is 4.79 Å². The highest BCUT2D eigenvalue weighted by atomic mass is 32.2. The van der Waals surface area contributed by atoms with Gasteiger partial charge in [0, 0.05) is 34.7 Å². The first-order valence-corrected chi connectivity index (χ1v) is 7.51. The summed E-state index contributed by atoms with van der Waals surface area (Å²) in [4.78, 5) is 20.3. The molecule has 0 amide bonds. The lowest BCUT2D eigenvalue weighted by molar-refractivity contribution is -0.138. The predicted octanol–water partition coefficient (Wildman–Crippen LogP) is 3.14. The zero-order valence-corrected chi connectivity index (χ0v) is 13.4. The van der Waals surface area contributed by atoms with E-state index in [0.717, 1.165) is 21.7 Å². The minimum absolute atomic E-state index is 0.719. The van der Waals surface area contributed by atoms with Gasteiger partial charge in [0.25, 0.3) is 0 Å². The molecule has 0 radical (unpaired) electrons. The first kappa shape index (κ1) is 16.1. The van der Waals surface area contributed by atoms with Crippen molar-refractivity contribution in [3.63, 3.8) is 0 Å². The van der Waals surface area contributed by atoms with Crippen LogP contribution in [0.1, 0.15) is 30.7 Å². The second-order valence-electron chi connectivity index (χ2n) is 5.23. The molecule has 0 saturated heterocycles. The molecule has 2 aromatic rings. The largest absolute Gasteiger partial charge is 0.480 e. The average Bonchev–Trinajstić information content (AvgIpc) is 2.46.